The fourth-order valence-electron chi connectivity index (χ4n) is 2.13. The predicted octanol–water partition coefficient (Wildman–Crippen LogP) is 3.41. The van der Waals surface area contributed by atoms with E-state index in [-0.39, 0.29) is 11.7 Å². The summed E-state index contributed by atoms with van der Waals surface area (Å²) in [7, 11) is 4.00. The molecule has 1 unspecified atom stereocenters. The van der Waals surface area contributed by atoms with E-state index in [4.69, 9.17) is 0 Å². The van der Waals surface area contributed by atoms with Gasteiger partial charge in [-0.25, -0.2) is 0 Å². The van der Waals surface area contributed by atoms with Crippen LogP contribution in [0.25, 0.3) is 0 Å². The van der Waals surface area contributed by atoms with Crippen LogP contribution in [-0.2, 0) is 6.42 Å². The summed E-state index contributed by atoms with van der Waals surface area (Å²) >= 11 is 0. The third kappa shape index (κ3) is 4.61. The fourth-order valence-corrected chi connectivity index (χ4v) is 2.13. The van der Waals surface area contributed by atoms with Crippen molar-refractivity contribution in [1.29, 1.82) is 0 Å². The van der Waals surface area contributed by atoms with Crippen LogP contribution < -0.4 is 0 Å². The van der Waals surface area contributed by atoms with Gasteiger partial charge in [-0.15, -0.1) is 0 Å². The highest BCUT2D eigenvalue weighted by molar-refractivity contribution is 5.97. The zero-order valence-corrected chi connectivity index (χ0v) is 12.1. The Kier molecular flexibility index (Phi) is 6.06. The maximum atomic E-state index is 12.2. The minimum atomic E-state index is 0.0569. The number of benzene rings is 1. The van der Waals surface area contributed by atoms with Crippen molar-refractivity contribution in [2.75, 3.05) is 20.6 Å². The number of hydrogen-bond acceptors (Lipinski definition) is 2. The molecule has 0 spiro atoms. The molecule has 0 amide bonds. The molecule has 2 heteroatoms. The summed E-state index contributed by atoms with van der Waals surface area (Å²) in [5, 5.41) is 0. The smallest absolute Gasteiger partial charge is 0.166 e. The van der Waals surface area contributed by atoms with Crippen molar-refractivity contribution in [2.24, 2.45) is 5.92 Å². The molecule has 0 saturated carbocycles. The standard InChI is InChI=1S/C16H25NO/c1-5-6-7-14-8-10-15(11-9-14)16(18)13(2)12-17(3)4/h8-11,13H,5-7,12H2,1-4H3. The van der Waals surface area contributed by atoms with E-state index in [2.05, 4.69) is 24.0 Å². The third-order valence-electron chi connectivity index (χ3n) is 3.14. The molecule has 0 radical (unpaired) electrons. The molecule has 1 aromatic rings. The molecule has 18 heavy (non-hydrogen) atoms. The molecule has 0 aliphatic rings. The maximum absolute atomic E-state index is 12.2. The Morgan fingerprint density at radius 3 is 2.33 bits per heavy atom. The highest BCUT2D eigenvalue weighted by atomic mass is 16.1. The average Bonchev–Trinajstić information content (AvgIpc) is 2.35. The van der Waals surface area contributed by atoms with Crippen LogP contribution in [0.3, 0.4) is 0 Å². The van der Waals surface area contributed by atoms with Gasteiger partial charge in [0.1, 0.15) is 0 Å². The first-order valence-corrected chi connectivity index (χ1v) is 6.82. The van der Waals surface area contributed by atoms with E-state index in [0.717, 1.165) is 18.5 Å². The molecule has 0 heterocycles. The van der Waals surface area contributed by atoms with Crippen LogP contribution in [-0.4, -0.2) is 31.3 Å². The molecule has 0 fully saturated rings. The molecule has 0 N–H and O–H groups in total. The van der Waals surface area contributed by atoms with Gasteiger partial charge in [0, 0.05) is 18.0 Å². The number of Topliss-reactive ketones (excluding diaryl/α,β-unsaturated/α-hetero) is 1. The minimum absolute atomic E-state index is 0.0569. The minimum Gasteiger partial charge on any atom is -0.309 e. The van der Waals surface area contributed by atoms with Gasteiger partial charge in [0.25, 0.3) is 0 Å². The summed E-state index contributed by atoms with van der Waals surface area (Å²) in [6, 6.07) is 8.12. The molecular formula is C16H25NO. The largest absolute Gasteiger partial charge is 0.309 e. The summed E-state index contributed by atoms with van der Waals surface area (Å²) in [5.41, 5.74) is 2.17. The second-order valence-corrected chi connectivity index (χ2v) is 5.33. The molecule has 2 nitrogen and oxygen atoms in total. The van der Waals surface area contributed by atoms with Gasteiger partial charge in [-0.05, 0) is 32.5 Å². The average molecular weight is 247 g/mol. The molecule has 0 aliphatic carbocycles. The normalized spacial score (nSPS) is 12.7. The molecule has 100 valence electrons. The van der Waals surface area contributed by atoms with Crippen LogP contribution in [0.4, 0.5) is 0 Å². The van der Waals surface area contributed by atoms with Gasteiger partial charge in [-0.1, -0.05) is 44.5 Å². The van der Waals surface area contributed by atoms with Crippen LogP contribution in [0.5, 0.6) is 0 Å². The Hall–Kier alpha value is -1.15. The van der Waals surface area contributed by atoms with E-state index in [9.17, 15) is 4.79 Å². The first-order chi connectivity index (χ1) is 8.54. The van der Waals surface area contributed by atoms with E-state index < -0.39 is 0 Å². The van der Waals surface area contributed by atoms with Crippen molar-refractivity contribution in [1.82, 2.24) is 4.90 Å². The van der Waals surface area contributed by atoms with Crippen LogP contribution in [0, 0.1) is 5.92 Å². The highest BCUT2D eigenvalue weighted by Crippen LogP contribution is 2.12. The van der Waals surface area contributed by atoms with Crippen LogP contribution in [0.2, 0.25) is 0 Å². The van der Waals surface area contributed by atoms with Crippen LogP contribution in [0.15, 0.2) is 24.3 Å². The highest BCUT2D eigenvalue weighted by Gasteiger charge is 2.15. The Morgan fingerprint density at radius 1 is 1.22 bits per heavy atom. The van der Waals surface area contributed by atoms with E-state index >= 15 is 0 Å². The van der Waals surface area contributed by atoms with E-state index in [1.54, 1.807) is 0 Å². The number of hydrogen-bond donors (Lipinski definition) is 0. The zero-order chi connectivity index (χ0) is 13.5. The number of unbranched alkanes of at least 4 members (excludes halogenated alkanes) is 1. The number of carbonyl (C=O) groups is 1. The molecule has 0 aromatic heterocycles. The van der Waals surface area contributed by atoms with Gasteiger partial charge in [-0.2, -0.15) is 0 Å². The van der Waals surface area contributed by atoms with Gasteiger partial charge in [0.05, 0.1) is 0 Å². The molecule has 0 saturated heterocycles. The van der Waals surface area contributed by atoms with Crippen molar-refractivity contribution < 1.29 is 4.79 Å². The van der Waals surface area contributed by atoms with Gasteiger partial charge >= 0.3 is 0 Å². The van der Waals surface area contributed by atoms with E-state index in [0.29, 0.717) is 0 Å². The SMILES string of the molecule is CCCCc1ccc(C(=O)C(C)CN(C)C)cc1. The Balaban J connectivity index is 2.63. The monoisotopic (exact) mass is 247 g/mol. The van der Waals surface area contributed by atoms with Gasteiger partial charge in [0.2, 0.25) is 0 Å². The Morgan fingerprint density at radius 2 is 1.83 bits per heavy atom. The molecule has 0 bridgehead atoms. The third-order valence-corrected chi connectivity index (χ3v) is 3.14. The Bertz CT molecular complexity index is 367. The van der Waals surface area contributed by atoms with Gasteiger partial charge in [-0.3, -0.25) is 4.79 Å². The van der Waals surface area contributed by atoms with Crippen molar-refractivity contribution in [2.45, 2.75) is 33.1 Å². The summed E-state index contributed by atoms with van der Waals surface area (Å²) in [4.78, 5) is 14.2. The summed E-state index contributed by atoms with van der Waals surface area (Å²) < 4.78 is 0. The Labute approximate surface area is 111 Å². The fraction of sp³-hybridized carbons (Fsp3) is 0.562. The topological polar surface area (TPSA) is 20.3 Å². The van der Waals surface area contributed by atoms with Crippen LogP contribution >= 0.6 is 0 Å². The number of rotatable bonds is 7. The van der Waals surface area contributed by atoms with Crippen molar-refractivity contribution in [3.8, 4) is 0 Å². The second kappa shape index (κ2) is 7.32. The van der Waals surface area contributed by atoms with E-state index in [1.165, 1.54) is 18.4 Å². The summed E-state index contributed by atoms with van der Waals surface area (Å²) in [6.45, 7) is 4.99. The molecule has 1 aromatic carbocycles. The lowest BCUT2D eigenvalue weighted by Gasteiger charge is -2.15. The first kappa shape index (κ1) is 14.9. The maximum Gasteiger partial charge on any atom is 0.166 e. The van der Waals surface area contributed by atoms with Crippen LogP contribution in [0.1, 0.15) is 42.6 Å². The lowest BCUT2D eigenvalue weighted by molar-refractivity contribution is 0.0910. The molecular weight excluding hydrogens is 222 g/mol. The van der Waals surface area contributed by atoms with E-state index in [1.807, 2.05) is 33.2 Å². The van der Waals surface area contributed by atoms with Crippen molar-refractivity contribution >= 4 is 5.78 Å². The van der Waals surface area contributed by atoms with Crippen molar-refractivity contribution in [3.05, 3.63) is 35.4 Å². The summed E-state index contributed by atoms with van der Waals surface area (Å²) in [6.07, 6.45) is 3.53. The zero-order valence-electron chi connectivity index (χ0n) is 12.1. The quantitative estimate of drug-likeness (QED) is 0.688. The van der Waals surface area contributed by atoms with Crippen molar-refractivity contribution in [3.63, 3.8) is 0 Å². The predicted molar refractivity (Wildman–Crippen MR) is 77.1 cm³/mol. The number of nitrogens with zero attached hydrogens (tertiary/aromatic N) is 1. The van der Waals surface area contributed by atoms with Gasteiger partial charge in [0.15, 0.2) is 5.78 Å². The number of ketones is 1. The van der Waals surface area contributed by atoms with Gasteiger partial charge < -0.3 is 4.90 Å². The lowest BCUT2D eigenvalue weighted by atomic mass is 9.97. The first-order valence-electron chi connectivity index (χ1n) is 6.82. The number of carbonyl (C=O) groups excluding carboxylic acids is 1. The summed E-state index contributed by atoms with van der Waals surface area (Å²) in [5.74, 6) is 0.298. The molecule has 1 rings (SSSR count). The molecule has 1 atom stereocenters. The lowest BCUT2D eigenvalue weighted by Crippen LogP contribution is -2.25. The second-order valence-electron chi connectivity index (χ2n) is 5.33. The molecule has 0 aliphatic heterocycles. The number of aryl methyl sites for hydroxylation is 1.